The van der Waals surface area contributed by atoms with Gasteiger partial charge in [0.2, 0.25) is 0 Å². The standard InChI is InChI=1S/C21H19ClN4OS/c22-15-5-6-19-23-16(11-20(27)26(19)12-15)13-25-9-7-14(8-10-25)21-24-17-3-1-2-4-18(17)28-21/h1-6,11-12,14H,7-10,13H2/p+1. The van der Waals surface area contributed by atoms with E-state index in [4.69, 9.17) is 16.6 Å². The molecule has 5 rings (SSSR count). The van der Waals surface area contributed by atoms with Crippen LogP contribution in [-0.2, 0) is 6.54 Å². The lowest BCUT2D eigenvalue weighted by atomic mass is 9.97. The van der Waals surface area contributed by atoms with Crippen molar-refractivity contribution in [1.82, 2.24) is 14.4 Å². The number of benzene rings is 1. The molecule has 142 valence electrons. The van der Waals surface area contributed by atoms with Gasteiger partial charge in [0.25, 0.3) is 5.56 Å². The van der Waals surface area contributed by atoms with Crippen LogP contribution in [-0.4, -0.2) is 27.5 Å². The van der Waals surface area contributed by atoms with Gasteiger partial charge in [-0.15, -0.1) is 11.3 Å². The van der Waals surface area contributed by atoms with Crippen molar-refractivity contribution in [1.29, 1.82) is 0 Å². The molecule has 0 amide bonds. The zero-order valence-corrected chi connectivity index (χ0v) is 16.8. The normalized spacial score (nSPS) is 20.0. The van der Waals surface area contributed by atoms with E-state index >= 15 is 0 Å². The molecule has 0 bridgehead atoms. The molecular formula is C21H20ClN4OS+. The number of nitrogens with one attached hydrogen (secondary N) is 1. The number of piperidine rings is 1. The molecule has 1 N–H and O–H groups in total. The van der Waals surface area contributed by atoms with Crippen LogP contribution in [0.3, 0.4) is 0 Å². The molecule has 28 heavy (non-hydrogen) atoms. The maximum Gasteiger partial charge on any atom is 0.258 e. The molecule has 0 aliphatic carbocycles. The van der Waals surface area contributed by atoms with Gasteiger partial charge in [-0.05, 0) is 24.3 Å². The van der Waals surface area contributed by atoms with E-state index in [1.807, 2.05) is 17.4 Å². The lowest BCUT2D eigenvalue weighted by Crippen LogP contribution is -3.11. The Morgan fingerprint density at radius 1 is 1.14 bits per heavy atom. The summed E-state index contributed by atoms with van der Waals surface area (Å²) in [5, 5.41) is 1.80. The number of likely N-dealkylation sites (tertiary alicyclic amines) is 1. The minimum Gasteiger partial charge on any atom is -0.330 e. The Morgan fingerprint density at radius 2 is 1.96 bits per heavy atom. The second-order valence-corrected chi connectivity index (χ2v) is 8.88. The topological polar surface area (TPSA) is 51.7 Å². The lowest BCUT2D eigenvalue weighted by molar-refractivity contribution is -0.919. The number of quaternary nitrogens is 1. The molecule has 4 aromatic rings. The summed E-state index contributed by atoms with van der Waals surface area (Å²) < 4.78 is 2.77. The van der Waals surface area contributed by atoms with Gasteiger partial charge in [-0.25, -0.2) is 9.97 Å². The molecule has 1 aromatic carbocycles. The van der Waals surface area contributed by atoms with Gasteiger partial charge in [-0.1, -0.05) is 23.7 Å². The number of nitrogens with zero attached hydrogens (tertiary/aromatic N) is 3. The summed E-state index contributed by atoms with van der Waals surface area (Å²) in [5.74, 6) is 0.540. The number of hydrogen-bond acceptors (Lipinski definition) is 4. The zero-order chi connectivity index (χ0) is 19.1. The molecule has 0 spiro atoms. The molecule has 0 atom stereocenters. The smallest absolute Gasteiger partial charge is 0.258 e. The summed E-state index contributed by atoms with van der Waals surface area (Å²) in [6.45, 7) is 2.92. The molecule has 0 saturated carbocycles. The third-order valence-corrected chi connectivity index (χ3v) is 6.88. The number of fused-ring (bicyclic) bond motifs is 2. The summed E-state index contributed by atoms with van der Waals surface area (Å²) in [7, 11) is 0. The van der Waals surface area contributed by atoms with Crippen molar-refractivity contribution in [3.05, 3.63) is 74.7 Å². The number of halogens is 1. The minimum absolute atomic E-state index is 0.0775. The Hall–Kier alpha value is -2.28. The van der Waals surface area contributed by atoms with Crippen molar-refractivity contribution in [2.75, 3.05) is 13.1 Å². The Bertz CT molecular complexity index is 1180. The van der Waals surface area contributed by atoms with Gasteiger partial charge in [0.15, 0.2) is 0 Å². The predicted octanol–water partition coefficient (Wildman–Crippen LogP) is 2.92. The third-order valence-electron chi connectivity index (χ3n) is 5.46. The molecular weight excluding hydrogens is 392 g/mol. The SMILES string of the molecule is O=c1cc(C[NH+]2CCC(c3nc4ccccc4s3)CC2)nc2ccc(Cl)cn12. The van der Waals surface area contributed by atoms with E-state index in [0.717, 1.165) is 43.7 Å². The monoisotopic (exact) mass is 411 g/mol. The highest BCUT2D eigenvalue weighted by Gasteiger charge is 2.26. The van der Waals surface area contributed by atoms with Gasteiger partial charge < -0.3 is 4.90 Å². The first-order valence-electron chi connectivity index (χ1n) is 9.52. The Kier molecular flexibility index (Phi) is 4.62. The molecule has 1 fully saturated rings. The Labute approximate surface area is 171 Å². The molecule has 7 heteroatoms. The highest BCUT2D eigenvalue weighted by atomic mass is 35.5. The number of aromatic nitrogens is 3. The van der Waals surface area contributed by atoms with Crippen LogP contribution < -0.4 is 10.5 Å². The fourth-order valence-electron chi connectivity index (χ4n) is 3.99. The van der Waals surface area contributed by atoms with E-state index in [0.29, 0.717) is 16.6 Å². The first-order valence-corrected chi connectivity index (χ1v) is 10.7. The van der Waals surface area contributed by atoms with Gasteiger partial charge in [0.1, 0.15) is 17.9 Å². The van der Waals surface area contributed by atoms with Gasteiger partial charge in [-0.2, -0.15) is 0 Å². The van der Waals surface area contributed by atoms with Gasteiger partial charge in [-0.3, -0.25) is 9.20 Å². The van der Waals surface area contributed by atoms with Crippen LogP contribution in [0.25, 0.3) is 15.9 Å². The molecule has 5 nitrogen and oxygen atoms in total. The van der Waals surface area contributed by atoms with Crippen molar-refractivity contribution >= 4 is 38.8 Å². The minimum atomic E-state index is -0.0775. The first kappa shape index (κ1) is 17.8. The fourth-order valence-corrected chi connectivity index (χ4v) is 5.28. The van der Waals surface area contributed by atoms with Crippen LogP contribution in [0.1, 0.15) is 29.5 Å². The summed E-state index contributed by atoms with van der Waals surface area (Å²) in [6, 6.07) is 13.6. The van der Waals surface area contributed by atoms with E-state index in [9.17, 15) is 4.79 Å². The number of para-hydroxylation sites is 1. The zero-order valence-electron chi connectivity index (χ0n) is 15.3. The molecule has 1 aliphatic rings. The van der Waals surface area contributed by atoms with E-state index in [1.54, 1.807) is 24.4 Å². The maximum atomic E-state index is 12.4. The second kappa shape index (κ2) is 7.28. The van der Waals surface area contributed by atoms with Crippen molar-refractivity contribution in [2.24, 2.45) is 0 Å². The van der Waals surface area contributed by atoms with E-state index < -0.39 is 0 Å². The number of thiazole rings is 1. The maximum absolute atomic E-state index is 12.4. The largest absolute Gasteiger partial charge is 0.330 e. The molecule has 3 aromatic heterocycles. The average Bonchev–Trinajstić information content (AvgIpc) is 3.13. The van der Waals surface area contributed by atoms with Crippen LogP contribution in [0.15, 0.2) is 53.5 Å². The Balaban J connectivity index is 1.29. The van der Waals surface area contributed by atoms with E-state index in [1.165, 1.54) is 19.0 Å². The molecule has 0 radical (unpaired) electrons. The number of hydrogen-bond donors (Lipinski definition) is 1. The van der Waals surface area contributed by atoms with Crippen LogP contribution >= 0.6 is 22.9 Å². The van der Waals surface area contributed by atoms with E-state index in [-0.39, 0.29) is 5.56 Å². The molecule has 0 unspecified atom stereocenters. The third kappa shape index (κ3) is 3.43. The number of rotatable bonds is 3. The van der Waals surface area contributed by atoms with Crippen LogP contribution in [0, 0.1) is 0 Å². The average molecular weight is 412 g/mol. The number of pyridine rings is 1. The van der Waals surface area contributed by atoms with Crippen molar-refractivity contribution < 1.29 is 4.90 Å². The molecule has 1 saturated heterocycles. The van der Waals surface area contributed by atoms with E-state index in [2.05, 4.69) is 23.2 Å². The lowest BCUT2D eigenvalue weighted by Gasteiger charge is -2.28. The summed E-state index contributed by atoms with van der Waals surface area (Å²) >= 11 is 7.81. The summed E-state index contributed by atoms with van der Waals surface area (Å²) in [5.41, 5.74) is 2.53. The molecule has 4 heterocycles. The summed E-state index contributed by atoms with van der Waals surface area (Å²) in [6.07, 6.45) is 3.86. The highest BCUT2D eigenvalue weighted by molar-refractivity contribution is 7.18. The quantitative estimate of drug-likeness (QED) is 0.564. The highest BCUT2D eigenvalue weighted by Crippen LogP contribution is 2.31. The predicted molar refractivity (Wildman–Crippen MR) is 112 cm³/mol. The fraction of sp³-hybridized carbons (Fsp3) is 0.286. The van der Waals surface area contributed by atoms with Crippen LogP contribution in [0.5, 0.6) is 0 Å². The second-order valence-electron chi connectivity index (χ2n) is 7.38. The van der Waals surface area contributed by atoms with Crippen LogP contribution in [0.4, 0.5) is 0 Å². The van der Waals surface area contributed by atoms with Gasteiger partial charge in [0.05, 0.1) is 33.3 Å². The van der Waals surface area contributed by atoms with Crippen molar-refractivity contribution in [3.63, 3.8) is 0 Å². The molecule has 1 aliphatic heterocycles. The van der Waals surface area contributed by atoms with Crippen molar-refractivity contribution in [2.45, 2.75) is 25.3 Å². The van der Waals surface area contributed by atoms with Crippen LogP contribution in [0.2, 0.25) is 5.02 Å². The summed E-state index contributed by atoms with van der Waals surface area (Å²) in [4.78, 5) is 23.3. The Morgan fingerprint density at radius 3 is 2.79 bits per heavy atom. The first-order chi connectivity index (χ1) is 13.7. The van der Waals surface area contributed by atoms with Gasteiger partial charge in [0, 0.05) is 31.0 Å². The van der Waals surface area contributed by atoms with Crippen molar-refractivity contribution in [3.8, 4) is 0 Å². The van der Waals surface area contributed by atoms with Gasteiger partial charge >= 0.3 is 0 Å².